The summed E-state index contributed by atoms with van der Waals surface area (Å²) in [7, 11) is 0. The molecular weight excluding hydrogens is 274 g/mol. The van der Waals surface area contributed by atoms with Gasteiger partial charge in [-0.25, -0.2) is 4.98 Å². The first kappa shape index (κ1) is 13.8. The zero-order chi connectivity index (χ0) is 15.2. The van der Waals surface area contributed by atoms with Gasteiger partial charge in [0.25, 0.3) is 0 Å². The van der Waals surface area contributed by atoms with Gasteiger partial charge in [0.2, 0.25) is 0 Å². The van der Waals surface area contributed by atoms with E-state index in [-0.39, 0.29) is 0 Å². The molecule has 1 heterocycles. The number of benzene rings is 2. The van der Waals surface area contributed by atoms with E-state index in [2.05, 4.69) is 23.2 Å². The summed E-state index contributed by atoms with van der Waals surface area (Å²) in [5.41, 5.74) is 1.79. The van der Waals surface area contributed by atoms with E-state index >= 15 is 0 Å². The molecule has 0 aliphatic carbocycles. The van der Waals surface area contributed by atoms with Crippen molar-refractivity contribution in [3.8, 4) is 17.7 Å². The topological polar surface area (TPSA) is 49.8 Å². The van der Waals surface area contributed by atoms with Gasteiger partial charge in [-0.15, -0.1) is 0 Å². The van der Waals surface area contributed by atoms with Crippen LogP contribution in [0.15, 0.2) is 73.2 Å². The quantitative estimate of drug-likeness (QED) is 0.693. The highest BCUT2D eigenvalue weighted by Crippen LogP contribution is 2.18. The molecule has 0 spiro atoms. The SMILES string of the molecule is N#Cc1ccc(Oc2cncc[n+]2Cc2ccccc2)cc1. The van der Waals surface area contributed by atoms with Gasteiger partial charge < -0.3 is 4.74 Å². The fraction of sp³-hybridized carbons (Fsp3) is 0.0556. The molecular formula is C18H14N3O+. The monoisotopic (exact) mass is 288 g/mol. The lowest BCUT2D eigenvalue weighted by molar-refractivity contribution is -0.692. The first-order chi connectivity index (χ1) is 10.8. The molecule has 22 heavy (non-hydrogen) atoms. The van der Waals surface area contributed by atoms with Crippen molar-refractivity contribution >= 4 is 0 Å². The van der Waals surface area contributed by atoms with Crippen LogP contribution in [0.1, 0.15) is 11.1 Å². The Morgan fingerprint density at radius 1 is 1.05 bits per heavy atom. The van der Waals surface area contributed by atoms with Gasteiger partial charge in [0.1, 0.15) is 11.9 Å². The van der Waals surface area contributed by atoms with E-state index in [0.717, 1.165) is 0 Å². The van der Waals surface area contributed by atoms with Crippen molar-refractivity contribution in [2.24, 2.45) is 0 Å². The van der Waals surface area contributed by atoms with Crippen molar-refractivity contribution in [2.45, 2.75) is 6.54 Å². The largest absolute Gasteiger partial charge is 0.404 e. The first-order valence-electron chi connectivity index (χ1n) is 6.90. The van der Waals surface area contributed by atoms with Gasteiger partial charge in [-0.2, -0.15) is 9.83 Å². The predicted octanol–water partition coefficient (Wildman–Crippen LogP) is 3.08. The minimum absolute atomic E-state index is 0.607. The maximum absolute atomic E-state index is 8.82. The van der Waals surface area contributed by atoms with E-state index in [1.54, 1.807) is 36.7 Å². The van der Waals surface area contributed by atoms with E-state index in [4.69, 9.17) is 10.00 Å². The van der Waals surface area contributed by atoms with Crippen molar-refractivity contribution in [1.82, 2.24) is 4.98 Å². The van der Waals surface area contributed by atoms with Crippen LogP contribution in [0.2, 0.25) is 0 Å². The minimum Gasteiger partial charge on any atom is -0.404 e. The average molecular weight is 288 g/mol. The van der Waals surface area contributed by atoms with Crippen molar-refractivity contribution in [3.05, 3.63) is 84.3 Å². The number of hydrogen-bond donors (Lipinski definition) is 0. The van der Waals surface area contributed by atoms with E-state index in [1.165, 1.54) is 5.56 Å². The summed E-state index contributed by atoms with van der Waals surface area (Å²) in [6.07, 6.45) is 5.29. The molecule has 3 rings (SSSR count). The highest BCUT2D eigenvalue weighted by Gasteiger charge is 2.13. The van der Waals surface area contributed by atoms with Crippen LogP contribution in [-0.4, -0.2) is 4.98 Å². The lowest BCUT2D eigenvalue weighted by Gasteiger charge is -2.05. The van der Waals surface area contributed by atoms with Crippen molar-refractivity contribution in [2.75, 3.05) is 0 Å². The van der Waals surface area contributed by atoms with Gasteiger partial charge in [-0.3, -0.25) is 0 Å². The molecule has 4 nitrogen and oxygen atoms in total. The fourth-order valence-corrected chi connectivity index (χ4v) is 2.09. The van der Waals surface area contributed by atoms with Gasteiger partial charge >= 0.3 is 5.88 Å². The third-order valence-corrected chi connectivity index (χ3v) is 3.20. The molecule has 0 unspecified atom stereocenters. The number of ether oxygens (including phenoxy) is 1. The number of aromatic nitrogens is 2. The molecule has 106 valence electrons. The summed E-state index contributed by atoms with van der Waals surface area (Å²) < 4.78 is 7.86. The Kier molecular flexibility index (Phi) is 4.08. The molecule has 3 aromatic rings. The van der Waals surface area contributed by atoms with Gasteiger partial charge in [-0.1, -0.05) is 30.3 Å². The Bertz CT molecular complexity index is 793. The third kappa shape index (κ3) is 3.28. The lowest BCUT2D eigenvalue weighted by atomic mass is 10.2. The number of nitriles is 1. The Morgan fingerprint density at radius 3 is 2.55 bits per heavy atom. The minimum atomic E-state index is 0.607. The molecule has 1 aromatic heterocycles. The molecule has 0 saturated carbocycles. The van der Waals surface area contributed by atoms with Crippen LogP contribution in [0.5, 0.6) is 11.6 Å². The summed E-state index contributed by atoms with van der Waals surface area (Å²) in [4.78, 5) is 4.12. The van der Waals surface area contributed by atoms with Crippen LogP contribution in [0.25, 0.3) is 0 Å². The van der Waals surface area contributed by atoms with Crippen molar-refractivity contribution in [3.63, 3.8) is 0 Å². The molecule has 0 atom stereocenters. The summed E-state index contributed by atoms with van der Waals surface area (Å²) in [6, 6.07) is 19.3. The van der Waals surface area contributed by atoms with Gasteiger partial charge in [0.15, 0.2) is 12.7 Å². The molecule has 0 radical (unpaired) electrons. The molecule has 0 amide bonds. The van der Waals surface area contributed by atoms with E-state index in [0.29, 0.717) is 23.7 Å². The molecule has 0 bridgehead atoms. The zero-order valence-corrected chi connectivity index (χ0v) is 11.9. The highest BCUT2D eigenvalue weighted by atomic mass is 16.5. The summed E-state index contributed by atoms with van der Waals surface area (Å²) in [5.74, 6) is 1.32. The van der Waals surface area contributed by atoms with Crippen LogP contribution >= 0.6 is 0 Å². The molecule has 0 N–H and O–H groups in total. The average Bonchev–Trinajstić information content (AvgIpc) is 2.58. The summed E-state index contributed by atoms with van der Waals surface area (Å²) in [6.45, 7) is 0.703. The first-order valence-corrected chi connectivity index (χ1v) is 6.90. The van der Waals surface area contributed by atoms with Crippen LogP contribution in [0, 0.1) is 11.3 Å². The fourth-order valence-electron chi connectivity index (χ4n) is 2.09. The predicted molar refractivity (Wildman–Crippen MR) is 81.2 cm³/mol. The van der Waals surface area contributed by atoms with Crippen LogP contribution in [-0.2, 0) is 6.54 Å². The lowest BCUT2D eigenvalue weighted by Crippen LogP contribution is -2.35. The standard InChI is InChI=1S/C18H14N3O/c19-12-15-6-8-17(9-7-15)22-18-13-20-10-11-21(18)14-16-4-2-1-3-5-16/h1-11,13H,14H2/q+1. The Morgan fingerprint density at radius 2 is 1.82 bits per heavy atom. The molecule has 0 saturated heterocycles. The van der Waals surface area contributed by atoms with Gasteiger partial charge in [-0.05, 0) is 24.3 Å². The van der Waals surface area contributed by atoms with E-state index < -0.39 is 0 Å². The van der Waals surface area contributed by atoms with Crippen LogP contribution in [0.4, 0.5) is 0 Å². The number of rotatable bonds is 4. The van der Waals surface area contributed by atoms with Crippen LogP contribution < -0.4 is 9.30 Å². The highest BCUT2D eigenvalue weighted by molar-refractivity contribution is 5.35. The molecule has 0 aliphatic heterocycles. The van der Waals surface area contributed by atoms with Gasteiger partial charge in [0, 0.05) is 5.56 Å². The molecule has 2 aromatic carbocycles. The molecule has 0 aliphatic rings. The molecule has 4 heteroatoms. The Hall–Kier alpha value is -3.19. The number of hydrogen-bond acceptors (Lipinski definition) is 3. The maximum atomic E-state index is 8.82. The van der Waals surface area contributed by atoms with E-state index in [9.17, 15) is 0 Å². The third-order valence-electron chi connectivity index (χ3n) is 3.20. The van der Waals surface area contributed by atoms with Crippen molar-refractivity contribution in [1.29, 1.82) is 5.26 Å². The van der Waals surface area contributed by atoms with Crippen LogP contribution in [0.3, 0.4) is 0 Å². The maximum Gasteiger partial charge on any atom is 0.392 e. The number of nitrogens with zero attached hydrogens (tertiary/aromatic N) is 3. The summed E-state index contributed by atoms with van der Waals surface area (Å²) >= 11 is 0. The van der Waals surface area contributed by atoms with Gasteiger partial charge in [0.05, 0.1) is 17.8 Å². The second-order valence-electron chi connectivity index (χ2n) is 4.77. The molecule has 0 fully saturated rings. The van der Waals surface area contributed by atoms with E-state index in [1.807, 2.05) is 29.0 Å². The second kappa shape index (κ2) is 6.51. The Balaban J connectivity index is 1.83. The second-order valence-corrected chi connectivity index (χ2v) is 4.77. The summed E-state index contributed by atoms with van der Waals surface area (Å²) in [5, 5.41) is 8.82. The normalized spacial score (nSPS) is 9.95. The Labute approximate surface area is 128 Å². The smallest absolute Gasteiger partial charge is 0.392 e. The zero-order valence-electron chi connectivity index (χ0n) is 11.9. The van der Waals surface area contributed by atoms with Crippen molar-refractivity contribution < 1.29 is 9.30 Å².